The highest BCUT2D eigenvalue weighted by molar-refractivity contribution is 8.23. The van der Waals surface area contributed by atoms with E-state index in [0.717, 1.165) is 17.3 Å². The van der Waals surface area contributed by atoms with Crippen LogP contribution in [0.5, 0.6) is 0 Å². The molecule has 3 N–H and O–H groups in total. The Bertz CT molecular complexity index is 799. The van der Waals surface area contributed by atoms with E-state index >= 15 is 0 Å². The fraction of sp³-hybridized carbons (Fsp3) is 0.333. The standard InChI is InChI=1S/C18H22F3N3O2S/c1-22-8-4-5-9-23-12-13-6-2-3-7-17(13)24(27(23,25)26)18-15(20)10-14(19)11-16(18)21/h2-3,6-7,10-11,22,25-26H,4-5,8-9,12H2,1H3. The maximum atomic E-state index is 14.5. The lowest BCUT2D eigenvalue weighted by atomic mass is 10.1. The van der Waals surface area contributed by atoms with Gasteiger partial charge in [0.25, 0.3) is 0 Å². The minimum atomic E-state index is -3.73. The summed E-state index contributed by atoms with van der Waals surface area (Å²) in [7, 11) is -1.91. The van der Waals surface area contributed by atoms with Crippen molar-refractivity contribution in [2.45, 2.75) is 19.4 Å². The molecule has 0 bridgehead atoms. The number of para-hydroxylation sites is 1. The van der Waals surface area contributed by atoms with Gasteiger partial charge in [0.1, 0.15) is 11.5 Å². The molecule has 5 nitrogen and oxygen atoms in total. The zero-order valence-electron chi connectivity index (χ0n) is 14.8. The number of halogens is 3. The van der Waals surface area contributed by atoms with Crippen LogP contribution in [-0.4, -0.2) is 33.5 Å². The van der Waals surface area contributed by atoms with Gasteiger partial charge in [-0.1, -0.05) is 18.2 Å². The van der Waals surface area contributed by atoms with E-state index in [2.05, 4.69) is 5.32 Å². The summed E-state index contributed by atoms with van der Waals surface area (Å²) in [5, 5.41) is 3.01. The van der Waals surface area contributed by atoms with Crippen molar-refractivity contribution in [3.05, 3.63) is 59.4 Å². The lowest BCUT2D eigenvalue weighted by Crippen LogP contribution is -2.42. The van der Waals surface area contributed by atoms with Gasteiger partial charge in [-0.05, 0) is 49.0 Å². The van der Waals surface area contributed by atoms with Crippen LogP contribution in [0.3, 0.4) is 0 Å². The zero-order chi connectivity index (χ0) is 19.6. The highest BCUT2D eigenvalue weighted by Gasteiger charge is 2.40. The fourth-order valence-corrected chi connectivity index (χ4v) is 4.91. The van der Waals surface area contributed by atoms with Crippen molar-refractivity contribution >= 4 is 22.3 Å². The predicted octanol–water partition coefficient (Wildman–Crippen LogP) is 4.64. The van der Waals surface area contributed by atoms with Gasteiger partial charge in [0, 0.05) is 25.2 Å². The number of nitrogens with zero attached hydrogens (tertiary/aromatic N) is 2. The van der Waals surface area contributed by atoms with Crippen LogP contribution < -0.4 is 9.62 Å². The van der Waals surface area contributed by atoms with E-state index in [-0.39, 0.29) is 12.2 Å². The third-order valence-electron chi connectivity index (χ3n) is 4.42. The van der Waals surface area contributed by atoms with Crippen LogP contribution in [0, 0.1) is 17.5 Å². The number of fused-ring (bicyclic) bond motifs is 1. The van der Waals surface area contributed by atoms with Crippen LogP contribution >= 0.6 is 11.0 Å². The van der Waals surface area contributed by atoms with Crippen LogP contribution in [-0.2, 0) is 6.54 Å². The first kappa shape index (κ1) is 20.0. The highest BCUT2D eigenvalue weighted by Crippen LogP contribution is 2.59. The zero-order valence-corrected chi connectivity index (χ0v) is 15.6. The summed E-state index contributed by atoms with van der Waals surface area (Å²) in [6.07, 6.45) is 1.48. The van der Waals surface area contributed by atoms with E-state index in [1.165, 1.54) is 4.31 Å². The van der Waals surface area contributed by atoms with Gasteiger partial charge >= 0.3 is 0 Å². The second-order valence-corrected chi connectivity index (χ2v) is 8.17. The van der Waals surface area contributed by atoms with Gasteiger partial charge in [-0.3, -0.25) is 9.11 Å². The van der Waals surface area contributed by atoms with E-state index in [1.807, 2.05) is 7.05 Å². The van der Waals surface area contributed by atoms with Crippen molar-refractivity contribution in [2.75, 3.05) is 24.4 Å². The van der Waals surface area contributed by atoms with Crippen LogP contribution in [0.4, 0.5) is 24.5 Å². The Morgan fingerprint density at radius 1 is 1.07 bits per heavy atom. The first-order valence-electron chi connectivity index (χ1n) is 8.57. The molecule has 148 valence electrons. The van der Waals surface area contributed by atoms with E-state index in [0.29, 0.717) is 30.7 Å². The Morgan fingerprint density at radius 2 is 1.74 bits per heavy atom. The topological polar surface area (TPSA) is 59.0 Å². The maximum Gasteiger partial charge on any atom is 0.154 e. The van der Waals surface area contributed by atoms with E-state index in [4.69, 9.17) is 0 Å². The number of nitrogens with one attached hydrogen (secondary N) is 1. The molecule has 1 heterocycles. The first-order chi connectivity index (χ1) is 12.9. The van der Waals surface area contributed by atoms with Gasteiger partial charge in [-0.15, -0.1) is 0 Å². The monoisotopic (exact) mass is 401 g/mol. The fourth-order valence-electron chi connectivity index (χ4n) is 3.13. The summed E-state index contributed by atoms with van der Waals surface area (Å²) in [5.41, 5.74) is 0.303. The van der Waals surface area contributed by atoms with E-state index in [1.54, 1.807) is 24.3 Å². The Balaban J connectivity index is 2.05. The molecule has 0 saturated carbocycles. The molecule has 0 radical (unpaired) electrons. The second kappa shape index (κ2) is 8.07. The van der Waals surface area contributed by atoms with Gasteiger partial charge < -0.3 is 5.32 Å². The van der Waals surface area contributed by atoms with Crippen molar-refractivity contribution in [1.29, 1.82) is 0 Å². The van der Waals surface area contributed by atoms with Crippen LogP contribution in [0.1, 0.15) is 18.4 Å². The Kier molecular flexibility index (Phi) is 5.97. The second-order valence-electron chi connectivity index (χ2n) is 6.31. The molecule has 0 saturated heterocycles. The molecule has 27 heavy (non-hydrogen) atoms. The predicted molar refractivity (Wildman–Crippen MR) is 101 cm³/mol. The van der Waals surface area contributed by atoms with E-state index < -0.39 is 34.1 Å². The first-order valence-corrected chi connectivity index (χ1v) is 10.0. The summed E-state index contributed by atoms with van der Waals surface area (Å²) in [6, 6.07) is 7.79. The number of unbranched alkanes of at least 4 members (excludes halogenated alkanes) is 1. The quantitative estimate of drug-likeness (QED) is 0.616. The van der Waals surface area contributed by atoms with Gasteiger partial charge in [0.2, 0.25) is 0 Å². The van der Waals surface area contributed by atoms with Gasteiger partial charge in [-0.2, -0.15) is 4.31 Å². The number of rotatable bonds is 6. The lowest BCUT2D eigenvalue weighted by Gasteiger charge is -2.53. The molecule has 3 rings (SSSR count). The third-order valence-corrected chi connectivity index (χ3v) is 6.29. The van der Waals surface area contributed by atoms with E-state index in [9.17, 15) is 22.3 Å². The van der Waals surface area contributed by atoms with Crippen molar-refractivity contribution in [3.8, 4) is 0 Å². The molecular formula is C18H22F3N3O2S. The number of hydrogen-bond acceptors (Lipinski definition) is 5. The average molecular weight is 401 g/mol. The molecule has 1 aliphatic rings. The minimum absolute atomic E-state index is 0.235. The molecule has 9 heteroatoms. The van der Waals surface area contributed by atoms with Crippen molar-refractivity contribution in [2.24, 2.45) is 0 Å². The molecule has 1 aliphatic heterocycles. The lowest BCUT2D eigenvalue weighted by molar-refractivity contribution is 0.329. The summed E-state index contributed by atoms with van der Waals surface area (Å²) in [6.45, 7) is 1.34. The SMILES string of the molecule is CNCCCCN1Cc2ccccc2N(c2c(F)cc(F)cc2F)S1(O)O. The molecule has 0 unspecified atom stereocenters. The Morgan fingerprint density at radius 3 is 2.41 bits per heavy atom. The number of anilines is 2. The molecule has 0 aliphatic carbocycles. The molecule has 0 aromatic heterocycles. The molecule has 0 atom stereocenters. The molecular weight excluding hydrogens is 379 g/mol. The summed E-state index contributed by atoms with van der Waals surface area (Å²) < 4.78 is 66.4. The van der Waals surface area contributed by atoms with Crippen molar-refractivity contribution in [1.82, 2.24) is 9.62 Å². The van der Waals surface area contributed by atoms with Gasteiger partial charge in [-0.25, -0.2) is 17.5 Å². The Hall–Kier alpha value is -1.78. The van der Waals surface area contributed by atoms with Gasteiger partial charge in [0.05, 0.1) is 5.69 Å². The van der Waals surface area contributed by atoms with Crippen LogP contribution in [0.15, 0.2) is 36.4 Å². The van der Waals surface area contributed by atoms with Gasteiger partial charge in [0.15, 0.2) is 11.6 Å². The average Bonchev–Trinajstić information content (AvgIpc) is 2.60. The maximum absolute atomic E-state index is 14.5. The normalized spacial score (nSPS) is 17.6. The highest BCUT2D eigenvalue weighted by atomic mass is 32.3. The molecule has 0 fully saturated rings. The van der Waals surface area contributed by atoms with Crippen LogP contribution in [0.25, 0.3) is 0 Å². The summed E-state index contributed by atoms with van der Waals surface area (Å²) in [5.74, 6) is -3.46. The molecule has 2 aromatic rings. The van der Waals surface area contributed by atoms with Crippen molar-refractivity contribution in [3.63, 3.8) is 0 Å². The molecule has 0 amide bonds. The summed E-state index contributed by atoms with van der Waals surface area (Å²) in [4.78, 5) is 0. The number of hydrogen-bond donors (Lipinski definition) is 3. The smallest absolute Gasteiger partial charge is 0.154 e. The Labute approximate surface area is 158 Å². The van der Waals surface area contributed by atoms with Crippen LogP contribution in [0.2, 0.25) is 0 Å². The molecule has 0 spiro atoms. The largest absolute Gasteiger partial charge is 0.320 e. The number of benzene rings is 2. The summed E-state index contributed by atoms with van der Waals surface area (Å²) >= 11 is 0. The third kappa shape index (κ3) is 3.92. The van der Waals surface area contributed by atoms with Crippen molar-refractivity contribution < 1.29 is 22.3 Å². The minimum Gasteiger partial charge on any atom is -0.320 e. The molecule has 2 aromatic carbocycles.